The second-order valence-corrected chi connectivity index (χ2v) is 7.53. The molecule has 0 N–H and O–H groups in total. The number of nitrogens with zero attached hydrogens (tertiary/aromatic N) is 1. The summed E-state index contributed by atoms with van der Waals surface area (Å²) in [6.45, 7) is 0.419. The number of hydrogen-bond donors (Lipinski definition) is 0. The monoisotopic (exact) mass is 335 g/mol. The highest BCUT2D eigenvalue weighted by molar-refractivity contribution is 8.14. The number of ether oxygens (including phenoxy) is 1. The zero-order valence-corrected chi connectivity index (χ0v) is 13.4. The maximum atomic E-state index is 11.7. The van der Waals surface area contributed by atoms with Gasteiger partial charge in [0.25, 0.3) is 9.05 Å². The van der Waals surface area contributed by atoms with Gasteiger partial charge in [-0.3, -0.25) is 0 Å². The van der Waals surface area contributed by atoms with Crippen molar-refractivity contribution in [1.82, 2.24) is 4.57 Å². The summed E-state index contributed by atoms with van der Waals surface area (Å²) in [6.07, 6.45) is 1.51. The van der Waals surface area contributed by atoms with E-state index in [9.17, 15) is 8.42 Å². The molecule has 22 heavy (non-hydrogen) atoms. The van der Waals surface area contributed by atoms with Crippen molar-refractivity contribution in [3.8, 4) is 5.75 Å². The SMILES string of the molecule is Cn1cc(S(=O)(=O)Cl)c2cc(OCc3ccccc3)ccc21. The summed E-state index contributed by atoms with van der Waals surface area (Å²) in [5, 5.41) is 0.558. The number of rotatable bonds is 4. The molecule has 0 aliphatic heterocycles. The maximum absolute atomic E-state index is 11.7. The lowest BCUT2D eigenvalue weighted by atomic mass is 10.2. The fourth-order valence-corrected chi connectivity index (χ4v) is 3.44. The lowest BCUT2D eigenvalue weighted by Gasteiger charge is -2.07. The third-order valence-corrected chi connectivity index (χ3v) is 4.78. The van der Waals surface area contributed by atoms with Gasteiger partial charge in [0.05, 0.1) is 0 Å². The largest absolute Gasteiger partial charge is 0.489 e. The van der Waals surface area contributed by atoms with Crippen LogP contribution in [-0.2, 0) is 22.7 Å². The lowest BCUT2D eigenvalue weighted by Crippen LogP contribution is -1.95. The summed E-state index contributed by atoms with van der Waals surface area (Å²) in [5.74, 6) is 0.601. The highest BCUT2D eigenvalue weighted by Gasteiger charge is 2.18. The van der Waals surface area contributed by atoms with E-state index in [1.807, 2.05) is 42.5 Å². The van der Waals surface area contributed by atoms with Crippen molar-refractivity contribution in [1.29, 1.82) is 0 Å². The van der Waals surface area contributed by atoms with E-state index < -0.39 is 9.05 Å². The van der Waals surface area contributed by atoms with Gasteiger partial charge in [-0.25, -0.2) is 8.42 Å². The van der Waals surface area contributed by atoms with E-state index in [0.717, 1.165) is 11.1 Å². The van der Waals surface area contributed by atoms with Crippen molar-refractivity contribution in [2.24, 2.45) is 7.05 Å². The van der Waals surface area contributed by atoms with E-state index in [2.05, 4.69) is 0 Å². The van der Waals surface area contributed by atoms with Crippen LogP contribution in [0.1, 0.15) is 5.56 Å². The fourth-order valence-electron chi connectivity index (χ4n) is 2.36. The van der Waals surface area contributed by atoms with Crippen LogP contribution in [0.15, 0.2) is 59.6 Å². The Morgan fingerprint density at radius 2 is 1.86 bits per heavy atom. The van der Waals surface area contributed by atoms with Gasteiger partial charge in [-0.1, -0.05) is 30.3 Å². The maximum Gasteiger partial charge on any atom is 0.263 e. The first-order valence-corrected chi connectivity index (χ1v) is 8.96. The van der Waals surface area contributed by atoms with Crippen LogP contribution in [0.25, 0.3) is 10.9 Å². The summed E-state index contributed by atoms with van der Waals surface area (Å²) >= 11 is 0. The summed E-state index contributed by atoms with van der Waals surface area (Å²) in [7, 11) is 3.47. The number of benzene rings is 2. The molecule has 0 amide bonds. The van der Waals surface area contributed by atoms with E-state index in [1.54, 1.807) is 17.7 Å². The number of hydrogen-bond acceptors (Lipinski definition) is 3. The van der Waals surface area contributed by atoms with Crippen LogP contribution in [0, 0.1) is 0 Å². The molecule has 3 aromatic rings. The predicted octanol–water partition coefficient (Wildman–Crippen LogP) is 3.68. The molecular weight excluding hydrogens is 322 g/mol. The molecule has 0 aliphatic rings. The highest BCUT2D eigenvalue weighted by atomic mass is 35.7. The van der Waals surface area contributed by atoms with E-state index >= 15 is 0 Å². The van der Waals surface area contributed by atoms with Gasteiger partial charge in [0.1, 0.15) is 17.3 Å². The van der Waals surface area contributed by atoms with Crippen LogP contribution in [0.5, 0.6) is 5.75 Å². The molecule has 0 unspecified atom stereocenters. The van der Waals surface area contributed by atoms with Gasteiger partial charge < -0.3 is 9.30 Å². The summed E-state index contributed by atoms with van der Waals surface area (Å²) in [4.78, 5) is 0.0943. The smallest absolute Gasteiger partial charge is 0.263 e. The molecule has 2 aromatic carbocycles. The minimum Gasteiger partial charge on any atom is -0.489 e. The molecule has 0 saturated heterocycles. The Labute approximate surface area is 133 Å². The molecule has 1 heterocycles. The standard InChI is InChI=1S/C16H14ClNO3S/c1-18-10-16(22(17,19)20)14-9-13(7-8-15(14)18)21-11-12-5-3-2-4-6-12/h2-10H,11H2,1H3. The molecule has 0 bridgehead atoms. The Morgan fingerprint density at radius 3 is 2.55 bits per heavy atom. The molecule has 0 aliphatic carbocycles. The van der Waals surface area contributed by atoms with Gasteiger partial charge in [0.2, 0.25) is 0 Å². The van der Waals surface area contributed by atoms with Crippen molar-refractivity contribution >= 4 is 30.6 Å². The Kier molecular flexibility index (Phi) is 3.85. The lowest BCUT2D eigenvalue weighted by molar-refractivity contribution is 0.306. The number of aryl methyl sites for hydroxylation is 1. The molecule has 0 radical (unpaired) electrons. The molecule has 1 aromatic heterocycles. The Morgan fingerprint density at radius 1 is 1.14 bits per heavy atom. The molecule has 3 rings (SSSR count). The Hall–Kier alpha value is -1.98. The third kappa shape index (κ3) is 2.96. The predicted molar refractivity (Wildman–Crippen MR) is 86.7 cm³/mol. The van der Waals surface area contributed by atoms with Crippen LogP contribution >= 0.6 is 10.7 Å². The van der Waals surface area contributed by atoms with Crippen LogP contribution in [0.4, 0.5) is 0 Å². The molecule has 0 saturated carbocycles. The van der Waals surface area contributed by atoms with Crippen LogP contribution in [0.3, 0.4) is 0 Å². The molecule has 0 spiro atoms. The average Bonchev–Trinajstić information content (AvgIpc) is 2.83. The highest BCUT2D eigenvalue weighted by Crippen LogP contribution is 2.30. The van der Waals surface area contributed by atoms with Crippen LogP contribution < -0.4 is 4.74 Å². The van der Waals surface area contributed by atoms with Crippen molar-refractivity contribution in [3.63, 3.8) is 0 Å². The van der Waals surface area contributed by atoms with Crippen LogP contribution in [0.2, 0.25) is 0 Å². The quantitative estimate of drug-likeness (QED) is 0.683. The van der Waals surface area contributed by atoms with Gasteiger partial charge in [-0.2, -0.15) is 0 Å². The second kappa shape index (κ2) is 5.66. The Bertz CT molecular complexity index is 917. The van der Waals surface area contributed by atoms with Crippen molar-refractivity contribution in [2.45, 2.75) is 11.5 Å². The number of halogens is 1. The minimum atomic E-state index is -3.80. The molecule has 114 valence electrons. The van der Waals surface area contributed by atoms with E-state index in [4.69, 9.17) is 15.4 Å². The van der Waals surface area contributed by atoms with Crippen LogP contribution in [-0.4, -0.2) is 13.0 Å². The first kappa shape index (κ1) is 14.9. The minimum absolute atomic E-state index is 0.0943. The number of aromatic nitrogens is 1. The van der Waals surface area contributed by atoms with E-state index in [1.165, 1.54) is 6.20 Å². The van der Waals surface area contributed by atoms with E-state index in [-0.39, 0.29) is 4.90 Å². The van der Waals surface area contributed by atoms with Gasteiger partial charge in [0.15, 0.2) is 0 Å². The number of fused-ring (bicyclic) bond motifs is 1. The van der Waals surface area contributed by atoms with Gasteiger partial charge in [0, 0.05) is 34.8 Å². The first-order chi connectivity index (χ1) is 10.4. The molecule has 0 fully saturated rings. The summed E-state index contributed by atoms with van der Waals surface area (Å²) in [5.41, 5.74) is 1.83. The molecular formula is C16H14ClNO3S. The first-order valence-electron chi connectivity index (χ1n) is 6.65. The van der Waals surface area contributed by atoms with Gasteiger partial charge in [-0.05, 0) is 23.8 Å². The zero-order chi connectivity index (χ0) is 15.7. The fraction of sp³-hybridized carbons (Fsp3) is 0.125. The summed E-state index contributed by atoms with van der Waals surface area (Å²) < 4.78 is 30.8. The molecule has 0 atom stereocenters. The topological polar surface area (TPSA) is 48.3 Å². The van der Waals surface area contributed by atoms with Crippen molar-refractivity contribution in [3.05, 3.63) is 60.3 Å². The zero-order valence-electron chi connectivity index (χ0n) is 11.9. The average molecular weight is 336 g/mol. The van der Waals surface area contributed by atoms with E-state index in [0.29, 0.717) is 17.7 Å². The summed E-state index contributed by atoms with van der Waals surface area (Å²) in [6, 6.07) is 15.1. The third-order valence-electron chi connectivity index (χ3n) is 3.44. The normalized spacial score (nSPS) is 11.7. The van der Waals surface area contributed by atoms with Crippen molar-refractivity contribution < 1.29 is 13.2 Å². The second-order valence-electron chi connectivity index (χ2n) is 5.00. The van der Waals surface area contributed by atoms with Crippen molar-refractivity contribution in [2.75, 3.05) is 0 Å². The molecule has 4 nitrogen and oxygen atoms in total. The van der Waals surface area contributed by atoms with Gasteiger partial charge in [-0.15, -0.1) is 0 Å². The Balaban J connectivity index is 1.95. The van der Waals surface area contributed by atoms with Gasteiger partial charge >= 0.3 is 0 Å². The molecule has 6 heteroatoms.